The maximum absolute atomic E-state index is 10.9. The molecule has 0 unspecified atom stereocenters. The summed E-state index contributed by atoms with van der Waals surface area (Å²) >= 11 is 2.84. The fraction of sp³-hybridized carbons (Fsp3) is 0.400. The zero-order valence-corrected chi connectivity index (χ0v) is 8.43. The first-order valence-corrected chi connectivity index (χ1v) is 5.84. The monoisotopic (exact) mass is 254 g/mol. The van der Waals surface area contributed by atoms with Gasteiger partial charge in [0.15, 0.2) is 5.76 Å². The number of halogens is 1. The highest BCUT2D eigenvalue weighted by atomic mass is 79.9. The van der Waals surface area contributed by atoms with E-state index in [1.165, 1.54) is 6.20 Å². The van der Waals surface area contributed by atoms with Crippen LogP contribution in [0.5, 0.6) is 0 Å². The fourth-order valence-corrected chi connectivity index (χ4v) is 1.48. The van der Waals surface area contributed by atoms with Crippen LogP contribution in [0.4, 0.5) is 0 Å². The normalized spacial score (nSPS) is 11.8. The Morgan fingerprint density at radius 1 is 1.67 bits per heavy atom. The van der Waals surface area contributed by atoms with Crippen LogP contribution in [0, 0.1) is 0 Å². The lowest BCUT2D eigenvalue weighted by Crippen LogP contribution is -2.23. The highest BCUT2D eigenvalue weighted by Gasteiger charge is 2.07. The van der Waals surface area contributed by atoms with E-state index >= 15 is 0 Å². The Bertz CT molecular complexity index is 320. The third-order valence-electron chi connectivity index (χ3n) is 1.10. The van der Waals surface area contributed by atoms with Gasteiger partial charge in [0, 0.05) is 6.07 Å². The number of rotatable bonds is 4. The van der Waals surface area contributed by atoms with E-state index in [2.05, 4.69) is 30.3 Å². The predicted molar refractivity (Wildman–Crippen MR) is 46.1 cm³/mol. The second kappa shape index (κ2) is 4.01. The Kier molecular flexibility index (Phi) is 3.24. The molecule has 0 saturated heterocycles. The molecule has 1 aromatic heterocycles. The summed E-state index contributed by atoms with van der Waals surface area (Å²) in [6.45, 7) is 0.133. The molecule has 7 heteroatoms. The molecule has 1 heterocycles. The number of nitrogens with one attached hydrogen (secondary N) is 1. The van der Waals surface area contributed by atoms with Gasteiger partial charge in [0.25, 0.3) is 0 Å². The molecule has 0 atom stereocenters. The van der Waals surface area contributed by atoms with E-state index in [1.54, 1.807) is 6.07 Å². The number of hydrogen-bond donors (Lipinski definition) is 1. The fourth-order valence-electron chi connectivity index (χ4n) is 0.553. The van der Waals surface area contributed by atoms with E-state index in [0.29, 0.717) is 5.76 Å². The van der Waals surface area contributed by atoms with E-state index in [9.17, 15) is 8.42 Å². The van der Waals surface area contributed by atoms with Gasteiger partial charge in [-0.2, -0.15) is 0 Å². The van der Waals surface area contributed by atoms with Crippen molar-refractivity contribution in [1.29, 1.82) is 0 Å². The first-order chi connectivity index (χ1) is 5.64. The highest BCUT2D eigenvalue weighted by molar-refractivity contribution is 9.10. The summed E-state index contributed by atoms with van der Waals surface area (Å²) in [4.78, 5) is 0. The molecule has 12 heavy (non-hydrogen) atoms. The molecular weight excluding hydrogens is 248 g/mol. The molecule has 0 saturated carbocycles. The Balaban J connectivity index is 2.47. The smallest absolute Gasteiger partial charge is 0.222 e. The van der Waals surface area contributed by atoms with E-state index in [1.807, 2.05) is 0 Å². The second-order valence-corrected chi connectivity index (χ2v) is 5.13. The van der Waals surface area contributed by atoms with E-state index in [0.717, 1.165) is 0 Å². The topological polar surface area (TPSA) is 72.2 Å². The standard InChI is InChI=1S/C5H7BrN2O3S/c6-4-12(9,10)8-3-5-1-2-7-11-5/h1-2,8H,3-4H2. The minimum Gasteiger partial charge on any atom is -0.360 e. The number of aromatic nitrogens is 1. The molecule has 5 nitrogen and oxygen atoms in total. The zero-order valence-electron chi connectivity index (χ0n) is 6.03. The van der Waals surface area contributed by atoms with Gasteiger partial charge in [-0.15, -0.1) is 0 Å². The van der Waals surface area contributed by atoms with Crippen molar-refractivity contribution in [2.24, 2.45) is 0 Å². The summed E-state index contributed by atoms with van der Waals surface area (Å²) in [7, 11) is -3.22. The SMILES string of the molecule is O=S(=O)(CBr)NCc1ccno1. The molecule has 0 aliphatic rings. The third kappa shape index (κ3) is 2.92. The molecule has 0 aliphatic carbocycles. The Labute approximate surface area is 78.3 Å². The Morgan fingerprint density at radius 3 is 2.92 bits per heavy atom. The third-order valence-corrected chi connectivity index (χ3v) is 3.78. The Morgan fingerprint density at radius 2 is 2.42 bits per heavy atom. The number of hydrogen-bond acceptors (Lipinski definition) is 4. The maximum Gasteiger partial charge on any atom is 0.222 e. The molecule has 1 rings (SSSR count). The van der Waals surface area contributed by atoms with Gasteiger partial charge >= 0.3 is 0 Å². The minimum absolute atomic E-state index is 0.117. The molecule has 1 aromatic rings. The summed E-state index contributed by atoms with van der Waals surface area (Å²) in [6.07, 6.45) is 1.46. The van der Waals surface area contributed by atoms with Crippen LogP contribution in [-0.2, 0) is 16.6 Å². The van der Waals surface area contributed by atoms with Gasteiger partial charge in [0.2, 0.25) is 10.0 Å². The van der Waals surface area contributed by atoms with Crippen molar-refractivity contribution < 1.29 is 12.9 Å². The van der Waals surface area contributed by atoms with Gasteiger partial charge in [-0.1, -0.05) is 21.1 Å². The first kappa shape index (κ1) is 9.69. The highest BCUT2D eigenvalue weighted by Crippen LogP contribution is 1.98. The maximum atomic E-state index is 10.9. The van der Waals surface area contributed by atoms with Crippen LogP contribution in [0.15, 0.2) is 16.8 Å². The van der Waals surface area contributed by atoms with Crippen molar-refractivity contribution in [3.05, 3.63) is 18.0 Å². The van der Waals surface area contributed by atoms with Crippen LogP contribution < -0.4 is 4.72 Å². The van der Waals surface area contributed by atoms with Crippen LogP contribution in [0.3, 0.4) is 0 Å². The van der Waals surface area contributed by atoms with Crippen molar-refractivity contribution >= 4 is 26.0 Å². The van der Waals surface area contributed by atoms with E-state index in [-0.39, 0.29) is 11.2 Å². The summed E-state index contributed by atoms with van der Waals surface area (Å²) in [5.74, 6) is 0.486. The van der Waals surface area contributed by atoms with Crippen molar-refractivity contribution in [2.75, 3.05) is 4.66 Å². The van der Waals surface area contributed by atoms with Gasteiger partial charge in [-0.05, 0) is 0 Å². The number of alkyl halides is 1. The molecule has 0 aliphatic heterocycles. The van der Waals surface area contributed by atoms with Gasteiger partial charge in [0.05, 0.1) is 12.7 Å². The van der Waals surface area contributed by atoms with Crippen molar-refractivity contribution in [1.82, 2.24) is 9.88 Å². The van der Waals surface area contributed by atoms with Gasteiger partial charge in [0.1, 0.15) is 4.66 Å². The molecule has 0 spiro atoms. The summed E-state index contributed by atoms with van der Waals surface area (Å²) < 4.78 is 28.6. The average molecular weight is 255 g/mol. The Hall–Kier alpha value is -0.400. The summed E-state index contributed by atoms with van der Waals surface area (Å²) in [5.41, 5.74) is 0. The van der Waals surface area contributed by atoms with Crippen LogP contribution in [0.2, 0.25) is 0 Å². The number of sulfonamides is 1. The zero-order chi connectivity index (χ0) is 9.03. The van der Waals surface area contributed by atoms with Gasteiger partial charge in [-0.25, -0.2) is 13.1 Å². The van der Waals surface area contributed by atoms with E-state index in [4.69, 9.17) is 0 Å². The van der Waals surface area contributed by atoms with Crippen molar-refractivity contribution in [2.45, 2.75) is 6.54 Å². The van der Waals surface area contributed by atoms with Crippen LogP contribution in [-0.4, -0.2) is 18.2 Å². The van der Waals surface area contributed by atoms with Gasteiger partial charge in [-0.3, -0.25) is 0 Å². The van der Waals surface area contributed by atoms with Crippen molar-refractivity contribution in [3.8, 4) is 0 Å². The molecule has 0 aromatic carbocycles. The molecule has 0 amide bonds. The first-order valence-electron chi connectivity index (χ1n) is 3.07. The van der Waals surface area contributed by atoms with E-state index < -0.39 is 10.0 Å². The van der Waals surface area contributed by atoms with Crippen LogP contribution in [0.25, 0.3) is 0 Å². The van der Waals surface area contributed by atoms with Crippen molar-refractivity contribution in [3.63, 3.8) is 0 Å². The average Bonchev–Trinajstić information content (AvgIpc) is 2.53. The summed E-state index contributed by atoms with van der Waals surface area (Å²) in [6, 6.07) is 1.59. The predicted octanol–water partition coefficient (Wildman–Crippen LogP) is 0.446. The molecule has 1 N–H and O–H groups in total. The molecule has 0 bridgehead atoms. The van der Waals surface area contributed by atoms with Crippen LogP contribution >= 0.6 is 15.9 Å². The number of nitrogens with zero attached hydrogens (tertiary/aromatic N) is 1. The molecule has 68 valence electrons. The summed E-state index contributed by atoms with van der Waals surface area (Å²) in [5, 5.41) is 3.43. The minimum atomic E-state index is -3.22. The second-order valence-electron chi connectivity index (χ2n) is 2.02. The molecular formula is C5H7BrN2O3S. The molecule has 0 radical (unpaired) electrons. The quantitative estimate of drug-likeness (QED) is 0.792. The molecule has 0 fully saturated rings. The lowest BCUT2D eigenvalue weighted by molar-refractivity contribution is 0.380. The lowest BCUT2D eigenvalue weighted by atomic mass is 10.5. The lowest BCUT2D eigenvalue weighted by Gasteiger charge is -1.98. The van der Waals surface area contributed by atoms with Gasteiger partial charge < -0.3 is 4.52 Å². The van der Waals surface area contributed by atoms with Crippen LogP contribution in [0.1, 0.15) is 5.76 Å². The largest absolute Gasteiger partial charge is 0.360 e.